The predicted octanol–water partition coefficient (Wildman–Crippen LogP) is 19.1. The number of para-hydroxylation sites is 2. The van der Waals surface area contributed by atoms with Crippen LogP contribution in [-0.2, 0) is 28.9 Å². The van der Waals surface area contributed by atoms with Crippen LogP contribution in [0.15, 0.2) is 315 Å². The molecular weight excluding hydrogens is 1250 g/mol. The first-order chi connectivity index (χ1) is 49.0. The molecule has 0 aliphatic carbocycles. The van der Waals surface area contributed by atoms with Gasteiger partial charge in [-0.15, -0.1) is 0 Å². The maximum absolute atomic E-state index is 15.3. The van der Waals surface area contributed by atoms with Crippen LogP contribution in [0.2, 0.25) is 0 Å². The molecule has 2 aliphatic rings. The van der Waals surface area contributed by atoms with E-state index >= 15 is 13.2 Å². The van der Waals surface area contributed by atoms with Crippen molar-refractivity contribution >= 4 is 91.0 Å². The summed E-state index contributed by atoms with van der Waals surface area (Å²) in [6.07, 6.45) is -4.71. The summed E-state index contributed by atoms with van der Waals surface area (Å²) in [5.41, 5.74) is 16.2. The third-order valence-corrected chi connectivity index (χ3v) is 18.7. The quantitative estimate of drug-likeness (QED) is 0.0778. The smallest absolute Gasteiger partial charge is 0.416 e. The SMILES string of the molecule is O=C(OCc1ccccc1)c1ccc2c(c1)B1c3cc(C(=O)OCc4ccccc4)ccc3N(c3ccccc3)c3cc(-c4ccc5c(c4)c4cc(-c6ccccc6)ccc4n5-c4ccc(C(F)(F)F)cc4-c4nc(-c5ccccc5)nc(-c5ccccc5)n4)cc(c31)N2c1ccccc1. The van der Waals surface area contributed by atoms with E-state index in [-0.39, 0.29) is 24.6 Å². The van der Waals surface area contributed by atoms with Crippen LogP contribution in [0.5, 0.6) is 0 Å². The van der Waals surface area contributed by atoms with Crippen LogP contribution in [0.3, 0.4) is 0 Å². The van der Waals surface area contributed by atoms with E-state index in [0.29, 0.717) is 39.6 Å². The van der Waals surface area contributed by atoms with Crippen LogP contribution in [0, 0.1) is 0 Å². The molecule has 15 aromatic rings. The van der Waals surface area contributed by atoms with E-state index in [1.165, 1.54) is 6.07 Å². The monoisotopic (exact) mass is 1300 g/mol. The number of carbonyl (C=O) groups excluding carboxylic acids is 2. The number of benzene rings is 13. The Morgan fingerprint density at radius 1 is 0.360 bits per heavy atom. The van der Waals surface area contributed by atoms with Gasteiger partial charge in [-0.05, 0) is 153 Å². The molecule has 14 heteroatoms. The molecule has 478 valence electrons. The van der Waals surface area contributed by atoms with Gasteiger partial charge in [-0.25, -0.2) is 24.5 Å². The normalized spacial score (nSPS) is 12.2. The first-order valence-corrected chi connectivity index (χ1v) is 32.9. The molecule has 0 spiro atoms. The summed E-state index contributed by atoms with van der Waals surface area (Å²) >= 11 is 0. The fraction of sp³-hybridized carbons (Fsp3) is 0.0349. The molecule has 10 nitrogen and oxygen atoms in total. The lowest BCUT2D eigenvalue weighted by atomic mass is 9.33. The molecule has 100 heavy (non-hydrogen) atoms. The zero-order valence-electron chi connectivity index (χ0n) is 53.5. The number of ether oxygens (including phenoxy) is 2. The molecule has 0 unspecified atom stereocenters. The molecule has 13 aromatic carbocycles. The molecule has 0 radical (unpaired) electrons. The lowest BCUT2D eigenvalue weighted by Gasteiger charge is -2.44. The highest BCUT2D eigenvalue weighted by molar-refractivity contribution is 7.00. The second kappa shape index (κ2) is 25.2. The Hall–Kier alpha value is -12.9. The average Bonchev–Trinajstić information content (AvgIpc) is 0.730. The second-order valence-electron chi connectivity index (χ2n) is 24.8. The average molecular weight is 1310 g/mol. The largest absolute Gasteiger partial charge is 0.457 e. The maximum Gasteiger partial charge on any atom is 0.416 e. The van der Waals surface area contributed by atoms with Gasteiger partial charge in [-0.2, -0.15) is 13.2 Å². The summed E-state index contributed by atoms with van der Waals surface area (Å²) in [5, 5.41) is 1.68. The second-order valence-corrected chi connectivity index (χ2v) is 24.8. The third kappa shape index (κ3) is 11.2. The number of hydrogen-bond donors (Lipinski definition) is 0. The Labute approximate surface area is 574 Å². The van der Waals surface area contributed by atoms with Crippen molar-refractivity contribution in [1.29, 1.82) is 0 Å². The van der Waals surface area contributed by atoms with Gasteiger partial charge in [0.1, 0.15) is 13.2 Å². The number of fused-ring (bicyclic) bond motifs is 7. The van der Waals surface area contributed by atoms with Crippen LogP contribution < -0.4 is 26.2 Å². The van der Waals surface area contributed by atoms with Crippen LogP contribution in [0.25, 0.3) is 83.9 Å². The molecule has 0 saturated heterocycles. The van der Waals surface area contributed by atoms with E-state index in [1.807, 2.05) is 235 Å². The summed E-state index contributed by atoms with van der Waals surface area (Å²) in [5.74, 6) is -0.294. The lowest BCUT2D eigenvalue weighted by molar-refractivity contribution is -0.137. The van der Waals surface area contributed by atoms with Crippen molar-refractivity contribution in [3.63, 3.8) is 0 Å². The van der Waals surface area contributed by atoms with Gasteiger partial charge in [0.25, 0.3) is 6.71 Å². The van der Waals surface area contributed by atoms with Crippen LogP contribution >= 0.6 is 0 Å². The molecule has 4 heterocycles. The highest BCUT2D eigenvalue weighted by Gasteiger charge is 2.45. The molecule has 0 amide bonds. The van der Waals surface area contributed by atoms with Gasteiger partial charge >= 0.3 is 18.1 Å². The molecule has 0 N–H and O–H groups in total. The summed E-state index contributed by atoms with van der Waals surface area (Å²) in [6.45, 7) is -0.392. The number of halogens is 3. The summed E-state index contributed by atoms with van der Waals surface area (Å²) in [4.78, 5) is 48.3. The van der Waals surface area contributed by atoms with Gasteiger partial charge in [-0.3, -0.25) is 0 Å². The number of aromatic nitrogens is 4. The number of rotatable bonds is 14. The van der Waals surface area contributed by atoms with Crippen LogP contribution in [0.4, 0.5) is 47.3 Å². The fourth-order valence-corrected chi connectivity index (χ4v) is 14.0. The van der Waals surface area contributed by atoms with Crippen molar-refractivity contribution in [2.45, 2.75) is 19.4 Å². The Balaban J connectivity index is 0.895. The molecule has 2 aliphatic heterocycles. The van der Waals surface area contributed by atoms with Crippen molar-refractivity contribution < 1.29 is 32.2 Å². The van der Waals surface area contributed by atoms with E-state index in [9.17, 15) is 9.59 Å². The Morgan fingerprint density at radius 3 is 1.21 bits per heavy atom. The number of nitrogens with zero attached hydrogens (tertiary/aromatic N) is 6. The van der Waals surface area contributed by atoms with Crippen molar-refractivity contribution in [3.8, 4) is 62.1 Å². The summed E-state index contributed by atoms with van der Waals surface area (Å²) in [6, 6.07) is 101. The Morgan fingerprint density at radius 2 is 0.760 bits per heavy atom. The van der Waals surface area contributed by atoms with Gasteiger partial charge in [0.05, 0.1) is 33.4 Å². The Kier molecular flexibility index (Phi) is 15.3. The minimum Gasteiger partial charge on any atom is -0.457 e. The van der Waals surface area contributed by atoms with Crippen molar-refractivity contribution in [1.82, 2.24) is 19.5 Å². The third-order valence-electron chi connectivity index (χ3n) is 18.7. The standard InChI is InChI=1S/C86H56BF3N6O4/c88-86(89,90)65-40-45-75(70(52-65)83-92-81(58-28-14-4-15-29-58)91-82(93-83)59-30-16-5-17-31-59)96-73-41-36-60(57-26-12-3-13-27-57)46-68(73)69-47-61(37-42-74(69)96)64-50-78-80-79(51-64)95(67-34-20-7-21-35-67)77-44-39-63(85(98)100-54-56-24-10-2-11-25-56)49-72(77)87(80)71-48-62(84(97)99-53-55-22-8-1-9-23-55)38-43-76(71)94(78)66-32-18-6-19-33-66/h1-52H,53-54H2. The molecule has 0 atom stereocenters. The highest BCUT2D eigenvalue weighted by Crippen LogP contribution is 2.48. The van der Waals surface area contributed by atoms with E-state index in [1.54, 1.807) is 0 Å². The highest BCUT2D eigenvalue weighted by atomic mass is 19.4. The van der Waals surface area contributed by atoms with Crippen LogP contribution in [0.1, 0.15) is 37.4 Å². The van der Waals surface area contributed by atoms with E-state index < -0.39 is 30.4 Å². The number of anilines is 6. The van der Waals surface area contributed by atoms with Gasteiger partial charge < -0.3 is 23.8 Å². The maximum atomic E-state index is 15.3. The van der Waals surface area contributed by atoms with Crippen molar-refractivity contribution in [2.75, 3.05) is 9.80 Å². The van der Waals surface area contributed by atoms with E-state index in [0.717, 1.165) is 118 Å². The van der Waals surface area contributed by atoms with E-state index in [4.69, 9.17) is 24.4 Å². The number of alkyl halides is 3. The zero-order chi connectivity index (χ0) is 67.4. The fourth-order valence-electron chi connectivity index (χ4n) is 14.0. The van der Waals surface area contributed by atoms with Gasteiger partial charge in [0.2, 0.25) is 0 Å². The molecule has 0 fully saturated rings. The van der Waals surface area contributed by atoms with Crippen molar-refractivity contribution in [2.24, 2.45) is 0 Å². The lowest BCUT2D eigenvalue weighted by Crippen LogP contribution is -2.61. The first-order valence-electron chi connectivity index (χ1n) is 32.9. The summed E-state index contributed by atoms with van der Waals surface area (Å²) < 4.78 is 59.9. The molecule has 0 saturated carbocycles. The molecule has 17 rings (SSSR count). The molecule has 2 aromatic heterocycles. The van der Waals surface area contributed by atoms with Gasteiger partial charge in [0, 0.05) is 61.6 Å². The minimum absolute atomic E-state index is 0.0650. The molecular formula is C86H56BF3N6O4. The van der Waals surface area contributed by atoms with Crippen molar-refractivity contribution in [3.05, 3.63) is 343 Å². The minimum atomic E-state index is -4.71. The topological polar surface area (TPSA) is 103 Å². The zero-order valence-corrected chi connectivity index (χ0v) is 53.5. The number of carbonyl (C=O) groups is 2. The van der Waals surface area contributed by atoms with Crippen LogP contribution in [-0.4, -0.2) is 38.2 Å². The Bertz CT molecular complexity index is 5430. The van der Waals surface area contributed by atoms with E-state index in [2.05, 4.69) is 76.5 Å². The molecule has 0 bridgehead atoms. The van der Waals surface area contributed by atoms with Gasteiger partial charge in [0.15, 0.2) is 17.5 Å². The first kappa shape index (κ1) is 60.7. The number of hydrogen-bond acceptors (Lipinski definition) is 9. The van der Waals surface area contributed by atoms with Gasteiger partial charge in [-0.1, -0.05) is 212 Å². The number of esters is 2. The summed E-state index contributed by atoms with van der Waals surface area (Å²) in [7, 11) is 0. The predicted molar refractivity (Wildman–Crippen MR) is 391 cm³/mol.